The summed E-state index contributed by atoms with van der Waals surface area (Å²) in [6.07, 6.45) is 5.97. The van der Waals surface area contributed by atoms with Crippen molar-refractivity contribution in [1.82, 2.24) is 10.2 Å². The Kier molecular flexibility index (Phi) is 4.80. The van der Waals surface area contributed by atoms with Crippen LogP contribution in [0.1, 0.15) is 45.4 Å². The average molecular weight is 268 g/mol. The second-order valence-electron chi connectivity index (χ2n) is 5.99. The first-order valence-corrected chi connectivity index (χ1v) is 7.27. The fourth-order valence-corrected chi connectivity index (χ4v) is 3.60. The summed E-state index contributed by atoms with van der Waals surface area (Å²) in [5.74, 6) is -0.601. The van der Waals surface area contributed by atoms with E-state index >= 15 is 0 Å². The fraction of sp³-hybridized carbons (Fsp3) is 0.857. The molecule has 1 heterocycles. The van der Waals surface area contributed by atoms with Gasteiger partial charge >= 0.3 is 5.97 Å². The number of likely N-dealkylation sites (tertiary alicyclic amines) is 1. The summed E-state index contributed by atoms with van der Waals surface area (Å²) < 4.78 is 0. The predicted octanol–water partition coefficient (Wildman–Crippen LogP) is 1.23. The number of carbonyl (C=O) groups excluding carboxylic acids is 1. The highest BCUT2D eigenvalue weighted by molar-refractivity contribution is 5.73. The maximum absolute atomic E-state index is 11.2. The molecule has 0 aromatic rings. The number of nitrogens with zero attached hydrogens (tertiary/aromatic N) is 1. The molecule has 1 aliphatic heterocycles. The van der Waals surface area contributed by atoms with Crippen molar-refractivity contribution in [3.05, 3.63) is 0 Å². The molecule has 1 saturated carbocycles. The first-order valence-electron chi connectivity index (χ1n) is 7.27. The van der Waals surface area contributed by atoms with Gasteiger partial charge in [0.05, 0.1) is 0 Å². The first kappa shape index (κ1) is 14.3. The number of nitrogens with one attached hydrogen (secondary N) is 1. The lowest BCUT2D eigenvalue weighted by Gasteiger charge is -2.40. The van der Waals surface area contributed by atoms with Gasteiger partial charge in [-0.1, -0.05) is 12.8 Å². The Labute approximate surface area is 114 Å². The second kappa shape index (κ2) is 6.37. The molecule has 2 fully saturated rings. The minimum Gasteiger partial charge on any atom is -0.481 e. The summed E-state index contributed by atoms with van der Waals surface area (Å²) in [7, 11) is 0. The summed E-state index contributed by atoms with van der Waals surface area (Å²) in [5.41, 5.74) is 0. The molecule has 2 unspecified atom stereocenters. The van der Waals surface area contributed by atoms with Crippen molar-refractivity contribution in [2.24, 2.45) is 5.92 Å². The lowest BCUT2D eigenvalue weighted by molar-refractivity contribution is -0.138. The van der Waals surface area contributed by atoms with Crippen molar-refractivity contribution in [2.45, 2.75) is 57.5 Å². The lowest BCUT2D eigenvalue weighted by Crippen LogP contribution is -2.53. The van der Waals surface area contributed by atoms with E-state index in [1.807, 2.05) is 0 Å². The van der Waals surface area contributed by atoms with Crippen molar-refractivity contribution in [2.75, 3.05) is 13.1 Å². The molecule has 1 amide bonds. The van der Waals surface area contributed by atoms with Crippen LogP contribution in [0.4, 0.5) is 0 Å². The SMILES string of the molecule is CC(=O)NC1CC(CC(=O)O)CN(C2CCCC2)C1. The molecule has 2 N–H and O–H groups in total. The zero-order valence-electron chi connectivity index (χ0n) is 11.6. The molecule has 0 bridgehead atoms. The Balaban J connectivity index is 1.97. The predicted molar refractivity (Wildman–Crippen MR) is 71.8 cm³/mol. The van der Waals surface area contributed by atoms with Crippen molar-refractivity contribution in [3.63, 3.8) is 0 Å². The number of piperidine rings is 1. The van der Waals surface area contributed by atoms with Crippen molar-refractivity contribution < 1.29 is 14.7 Å². The van der Waals surface area contributed by atoms with E-state index in [1.54, 1.807) is 0 Å². The van der Waals surface area contributed by atoms with Gasteiger partial charge in [-0.2, -0.15) is 0 Å². The largest absolute Gasteiger partial charge is 0.481 e. The molecule has 5 nitrogen and oxygen atoms in total. The quantitative estimate of drug-likeness (QED) is 0.804. The highest BCUT2D eigenvalue weighted by atomic mass is 16.4. The minimum absolute atomic E-state index is 0.0210. The minimum atomic E-state index is -0.736. The molecule has 2 atom stereocenters. The number of hydrogen-bond acceptors (Lipinski definition) is 3. The Morgan fingerprint density at radius 3 is 2.53 bits per heavy atom. The summed E-state index contributed by atoms with van der Waals surface area (Å²) in [6, 6.07) is 0.698. The molecule has 1 saturated heterocycles. The number of carbonyl (C=O) groups is 2. The molecule has 2 aliphatic rings. The van der Waals surface area contributed by atoms with Gasteiger partial charge in [-0.25, -0.2) is 0 Å². The highest BCUT2D eigenvalue weighted by Gasteiger charge is 2.33. The molecule has 5 heteroatoms. The number of hydrogen-bond donors (Lipinski definition) is 2. The highest BCUT2D eigenvalue weighted by Crippen LogP contribution is 2.29. The topological polar surface area (TPSA) is 69.6 Å². The van der Waals surface area contributed by atoms with Gasteiger partial charge < -0.3 is 10.4 Å². The Morgan fingerprint density at radius 1 is 1.26 bits per heavy atom. The molecule has 0 aromatic heterocycles. The van der Waals surface area contributed by atoms with Crippen LogP contribution < -0.4 is 5.32 Å². The standard InChI is InChI=1S/C14H24N2O3/c1-10(17)15-12-6-11(7-14(18)19)8-16(9-12)13-4-2-3-5-13/h11-13H,2-9H2,1H3,(H,15,17)(H,18,19). The first-order chi connectivity index (χ1) is 9.04. The fourth-order valence-electron chi connectivity index (χ4n) is 3.60. The van der Waals surface area contributed by atoms with Gasteiger partial charge in [0.2, 0.25) is 5.91 Å². The van der Waals surface area contributed by atoms with E-state index in [9.17, 15) is 9.59 Å². The van der Waals surface area contributed by atoms with Crippen LogP contribution in [-0.2, 0) is 9.59 Å². The number of rotatable bonds is 4. The van der Waals surface area contributed by atoms with Gasteiger partial charge in [0.25, 0.3) is 0 Å². The molecule has 19 heavy (non-hydrogen) atoms. The number of carboxylic acids is 1. The Hall–Kier alpha value is -1.10. The summed E-state index contributed by atoms with van der Waals surface area (Å²) in [6.45, 7) is 3.27. The maximum atomic E-state index is 11.2. The summed E-state index contributed by atoms with van der Waals surface area (Å²) >= 11 is 0. The van der Waals surface area contributed by atoms with E-state index in [0.29, 0.717) is 6.04 Å². The van der Waals surface area contributed by atoms with Crippen LogP contribution in [0, 0.1) is 5.92 Å². The molecular weight excluding hydrogens is 244 g/mol. The van der Waals surface area contributed by atoms with E-state index in [1.165, 1.54) is 32.6 Å². The zero-order valence-corrected chi connectivity index (χ0v) is 11.6. The molecular formula is C14H24N2O3. The van der Waals surface area contributed by atoms with E-state index in [4.69, 9.17) is 5.11 Å². The van der Waals surface area contributed by atoms with E-state index in [0.717, 1.165) is 19.5 Å². The van der Waals surface area contributed by atoms with Gasteiger partial charge in [0.1, 0.15) is 0 Å². The van der Waals surface area contributed by atoms with Crippen LogP contribution in [0.5, 0.6) is 0 Å². The summed E-state index contributed by atoms with van der Waals surface area (Å²) in [5, 5.41) is 11.9. The average Bonchev–Trinajstić information content (AvgIpc) is 2.79. The van der Waals surface area contributed by atoms with Gasteiger partial charge in [-0.05, 0) is 25.2 Å². The molecule has 0 aromatic carbocycles. The van der Waals surface area contributed by atoms with Crippen LogP contribution in [0.15, 0.2) is 0 Å². The van der Waals surface area contributed by atoms with Crippen LogP contribution in [-0.4, -0.2) is 47.1 Å². The van der Waals surface area contributed by atoms with E-state index in [-0.39, 0.29) is 24.3 Å². The van der Waals surface area contributed by atoms with Crippen LogP contribution >= 0.6 is 0 Å². The third kappa shape index (κ3) is 4.20. The van der Waals surface area contributed by atoms with Gasteiger partial charge in [0.15, 0.2) is 0 Å². The van der Waals surface area contributed by atoms with Crippen molar-refractivity contribution in [3.8, 4) is 0 Å². The molecule has 2 rings (SSSR count). The van der Waals surface area contributed by atoms with Crippen molar-refractivity contribution >= 4 is 11.9 Å². The number of carboxylic acid groups (broad SMARTS) is 1. The molecule has 108 valence electrons. The third-order valence-corrected chi connectivity index (χ3v) is 4.28. The number of amides is 1. The lowest BCUT2D eigenvalue weighted by atomic mass is 9.90. The van der Waals surface area contributed by atoms with Crippen LogP contribution in [0.3, 0.4) is 0 Å². The third-order valence-electron chi connectivity index (χ3n) is 4.28. The molecule has 0 spiro atoms. The summed E-state index contributed by atoms with van der Waals surface area (Å²) in [4.78, 5) is 24.5. The normalized spacial score (nSPS) is 29.3. The second-order valence-corrected chi connectivity index (χ2v) is 5.99. The monoisotopic (exact) mass is 268 g/mol. The van der Waals surface area contributed by atoms with Gasteiger partial charge in [-0.15, -0.1) is 0 Å². The zero-order chi connectivity index (χ0) is 13.8. The van der Waals surface area contributed by atoms with Gasteiger partial charge in [0, 0.05) is 38.5 Å². The number of aliphatic carboxylic acids is 1. The van der Waals surface area contributed by atoms with E-state index < -0.39 is 5.97 Å². The smallest absolute Gasteiger partial charge is 0.303 e. The maximum Gasteiger partial charge on any atom is 0.303 e. The Bertz CT molecular complexity index is 316. The molecule has 0 radical (unpaired) electrons. The van der Waals surface area contributed by atoms with Crippen LogP contribution in [0.2, 0.25) is 0 Å². The molecule has 1 aliphatic carbocycles. The van der Waals surface area contributed by atoms with Crippen LogP contribution in [0.25, 0.3) is 0 Å². The van der Waals surface area contributed by atoms with Gasteiger partial charge in [-0.3, -0.25) is 14.5 Å². The van der Waals surface area contributed by atoms with E-state index in [2.05, 4.69) is 10.2 Å². The Morgan fingerprint density at radius 2 is 1.95 bits per heavy atom. The van der Waals surface area contributed by atoms with Crippen molar-refractivity contribution in [1.29, 1.82) is 0 Å².